The lowest BCUT2D eigenvalue weighted by molar-refractivity contribution is 0.622. The van der Waals surface area contributed by atoms with Crippen molar-refractivity contribution in [1.82, 2.24) is 0 Å². The fourth-order valence-electron chi connectivity index (χ4n) is 1.61. The van der Waals surface area contributed by atoms with Crippen LogP contribution in [0.3, 0.4) is 0 Å². The van der Waals surface area contributed by atoms with E-state index in [9.17, 15) is 0 Å². The van der Waals surface area contributed by atoms with Gasteiger partial charge in [0.15, 0.2) is 0 Å². The highest BCUT2D eigenvalue weighted by molar-refractivity contribution is 5.14. The van der Waals surface area contributed by atoms with Crippen molar-refractivity contribution < 1.29 is 0 Å². The maximum Gasteiger partial charge on any atom is -0.0348 e. The van der Waals surface area contributed by atoms with Gasteiger partial charge >= 0.3 is 0 Å². The van der Waals surface area contributed by atoms with Crippen molar-refractivity contribution >= 4 is 0 Å². The standard InChI is InChI=1S/C15H26.C4H8.C4H6.C3H8.C2H6/c1-4-6-7-8-9-10-11-12-13-14-15(3)5-2;1-4-2-3-4;1-3-4-2;1-3-2;1-2/h4-5,13-14H,1,6-12H2,2-3H3;4H,2-3H2,1H3;3-4H,1-2H2;3H2,1-2H3;1-2H3/b14-13-,15-5-;;;;. The molecule has 0 bridgehead atoms. The van der Waals surface area contributed by atoms with E-state index < -0.39 is 0 Å². The fraction of sp³-hybridized carbons (Fsp3) is 0.643. The van der Waals surface area contributed by atoms with Crippen molar-refractivity contribution in [1.29, 1.82) is 0 Å². The van der Waals surface area contributed by atoms with Crippen LogP contribution in [-0.2, 0) is 0 Å². The maximum absolute atomic E-state index is 3.73. The molecule has 0 heterocycles. The minimum Gasteiger partial charge on any atom is -0.103 e. The fourth-order valence-corrected chi connectivity index (χ4v) is 1.61. The molecule has 0 aromatic carbocycles. The largest absolute Gasteiger partial charge is 0.103 e. The van der Waals surface area contributed by atoms with Crippen LogP contribution >= 0.6 is 0 Å². The average molecular weight is 391 g/mol. The van der Waals surface area contributed by atoms with Crippen LogP contribution in [0.25, 0.3) is 0 Å². The molecule has 0 nitrogen and oxygen atoms in total. The van der Waals surface area contributed by atoms with Gasteiger partial charge in [-0.2, -0.15) is 0 Å². The van der Waals surface area contributed by atoms with Gasteiger partial charge in [-0.1, -0.05) is 128 Å². The van der Waals surface area contributed by atoms with Crippen LogP contribution in [0.1, 0.15) is 113 Å². The predicted molar refractivity (Wildman–Crippen MR) is 137 cm³/mol. The molecule has 0 amide bonds. The van der Waals surface area contributed by atoms with E-state index in [4.69, 9.17) is 0 Å². The Labute approximate surface area is 180 Å². The van der Waals surface area contributed by atoms with Crippen molar-refractivity contribution in [2.45, 2.75) is 113 Å². The predicted octanol–water partition coefficient (Wildman–Crippen LogP) is 10.6. The number of allylic oxidation sites excluding steroid dienone is 7. The third-order valence-electron chi connectivity index (χ3n) is 3.65. The SMILES string of the molecule is C=CC=C.C=CCCCCCCC/C=C\C(C)=C/C.CC.CC1CC1.CCC. The van der Waals surface area contributed by atoms with Gasteiger partial charge in [0.25, 0.3) is 0 Å². The van der Waals surface area contributed by atoms with Gasteiger partial charge in [0.2, 0.25) is 0 Å². The summed E-state index contributed by atoms with van der Waals surface area (Å²) in [5.41, 5.74) is 1.36. The van der Waals surface area contributed by atoms with E-state index in [0.29, 0.717) is 0 Å². The van der Waals surface area contributed by atoms with E-state index in [-0.39, 0.29) is 0 Å². The molecule has 0 aromatic rings. The Morgan fingerprint density at radius 3 is 1.57 bits per heavy atom. The summed E-state index contributed by atoms with van der Waals surface area (Å²) in [6.45, 7) is 25.2. The van der Waals surface area contributed by atoms with Crippen molar-refractivity contribution in [3.63, 3.8) is 0 Å². The van der Waals surface area contributed by atoms with E-state index in [0.717, 1.165) is 5.92 Å². The Morgan fingerprint density at radius 2 is 1.25 bits per heavy atom. The molecule has 1 fully saturated rings. The first kappa shape index (κ1) is 34.2. The summed E-state index contributed by atoms with van der Waals surface area (Å²) in [4.78, 5) is 0. The molecule has 0 radical (unpaired) electrons. The molecule has 0 N–H and O–H groups in total. The van der Waals surface area contributed by atoms with Crippen molar-refractivity contribution in [2.24, 2.45) is 5.92 Å². The van der Waals surface area contributed by atoms with Gasteiger partial charge in [0.05, 0.1) is 0 Å². The molecule has 166 valence electrons. The minimum absolute atomic E-state index is 1.08. The number of unbranched alkanes of at least 4 members (excludes halogenated alkanes) is 6. The maximum atomic E-state index is 3.73. The highest BCUT2D eigenvalue weighted by Gasteiger charge is 2.12. The van der Waals surface area contributed by atoms with Crippen LogP contribution < -0.4 is 0 Å². The third kappa shape index (κ3) is 56.3. The molecular formula is C28H54. The van der Waals surface area contributed by atoms with Gasteiger partial charge in [-0.25, -0.2) is 0 Å². The normalized spacial score (nSPS) is 11.9. The molecule has 0 atom stereocenters. The lowest BCUT2D eigenvalue weighted by Gasteiger charge is -1.98. The Hall–Kier alpha value is -1.30. The van der Waals surface area contributed by atoms with Crippen LogP contribution in [-0.4, -0.2) is 0 Å². The molecule has 0 aliphatic heterocycles. The molecular weight excluding hydrogens is 336 g/mol. The zero-order chi connectivity index (χ0) is 22.5. The van der Waals surface area contributed by atoms with Gasteiger partial charge in [-0.3, -0.25) is 0 Å². The van der Waals surface area contributed by atoms with Crippen LogP contribution in [0, 0.1) is 5.92 Å². The number of hydrogen-bond acceptors (Lipinski definition) is 0. The van der Waals surface area contributed by atoms with Crippen molar-refractivity contribution in [3.8, 4) is 0 Å². The highest BCUT2D eigenvalue weighted by Crippen LogP contribution is 2.26. The highest BCUT2D eigenvalue weighted by atomic mass is 14.2. The summed E-state index contributed by atoms with van der Waals surface area (Å²) < 4.78 is 0. The summed E-state index contributed by atoms with van der Waals surface area (Å²) in [5.74, 6) is 1.08. The summed E-state index contributed by atoms with van der Waals surface area (Å²) in [6.07, 6.45) is 25.3. The summed E-state index contributed by atoms with van der Waals surface area (Å²) in [7, 11) is 0. The van der Waals surface area contributed by atoms with Gasteiger partial charge in [0.1, 0.15) is 0 Å². The first-order valence-corrected chi connectivity index (χ1v) is 11.7. The Balaban J connectivity index is -0.000000178. The molecule has 1 aliphatic carbocycles. The molecule has 0 aromatic heterocycles. The second kappa shape index (κ2) is 36.6. The summed E-state index contributed by atoms with van der Waals surface area (Å²) >= 11 is 0. The molecule has 0 unspecified atom stereocenters. The third-order valence-corrected chi connectivity index (χ3v) is 3.65. The zero-order valence-electron chi connectivity index (χ0n) is 20.7. The van der Waals surface area contributed by atoms with Gasteiger partial charge < -0.3 is 0 Å². The lowest BCUT2D eigenvalue weighted by atomic mass is 10.1. The van der Waals surface area contributed by atoms with Crippen LogP contribution in [0.15, 0.2) is 61.8 Å². The molecule has 0 saturated heterocycles. The van der Waals surface area contributed by atoms with Gasteiger partial charge in [0, 0.05) is 0 Å². The van der Waals surface area contributed by atoms with Crippen molar-refractivity contribution in [3.05, 3.63) is 61.8 Å². The quantitative estimate of drug-likeness (QED) is 0.197. The lowest BCUT2D eigenvalue weighted by Crippen LogP contribution is -1.78. The van der Waals surface area contributed by atoms with Crippen LogP contribution in [0.5, 0.6) is 0 Å². The monoisotopic (exact) mass is 390 g/mol. The van der Waals surface area contributed by atoms with Crippen molar-refractivity contribution in [2.75, 3.05) is 0 Å². The first-order chi connectivity index (χ1) is 13.5. The van der Waals surface area contributed by atoms with E-state index in [1.165, 1.54) is 69.8 Å². The van der Waals surface area contributed by atoms with Gasteiger partial charge in [-0.15, -0.1) is 6.58 Å². The summed E-state index contributed by atoms with van der Waals surface area (Å²) in [5, 5.41) is 0. The smallest absolute Gasteiger partial charge is 0.0348 e. The van der Waals surface area contributed by atoms with Gasteiger partial charge in [-0.05, 0) is 45.4 Å². The second-order valence-electron chi connectivity index (χ2n) is 6.93. The number of rotatable bonds is 10. The minimum atomic E-state index is 1.08. The molecule has 1 aliphatic rings. The Bertz CT molecular complexity index is 333. The molecule has 1 rings (SSSR count). The molecule has 0 heteroatoms. The first-order valence-electron chi connectivity index (χ1n) is 11.7. The summed E-state index contributed by atoms with van der Waals surface area (Å²) in [6, 6.07) is 0. The number of hydrogen-bond donors (Lipinski definition) is 0. The topological polar surface area (TPSA) is 0 Å². The molecule has 0 spiro atoms. The van der Waals surface area contributed by atoms with E-state index in [2.05, 4.69) is 72.6 Å². The molecule has 28 heavy (non-hydrogen) atoms. The Morgan fingerprint density at radius 1 is 0.857 bits per heavy atom. The van der Waals surface area contributed by atoms with E-state index in [1.54, 1.807) is 12.2 Å². The zero-order valence-corrected chi connectivity index (χ0v) is 20.7. The average Bonchev–Trinajstić information content (AvgIpc) is 3.51. The van der Waals surface area contributed by atoms with Crippen LogP contribution in [0.4, 0.5) is 0 Å². The Kier molecular flexibility index (Phi) is 44.7. The van der Waals surface area contributed by atoms with Crippen LogP contribution in [0.2, 0.25) is 0 Å². The van der Waals surface area contributed by atoms with E-state index in [1.807, 2.05) is 19.9 Å². The second-order valence-corrected chi connectivity index (χ2v) is 6.93. The van der Waals surface area contributed by atoms with E-state index >= 15 is 0 Å². The molecule has 1 saturated carbocycles.